The summed E-state index contributed by atoms with van der Waals surface area (Å²) >= 11 is 0. The molecule has 140 valence electrons. The topological polar surface area (TPSA) is 27.7 Å². The smallest absolute Gasteiger partial charge is 0.108 e. The van der Waals surface area contributed by atoms with Crippen LogP contribution in [0.15, 0.2) is 86.0 Å². The molecule has 0 bridgehead atoms. The fourth-order valence-electron chi connectivity index (χ4n) is 2.39. The fraction of sp³-hybridized carbons (Fsp3) is 0.250. The van der Waals surface area contributed by atoms with Crippen molar-refractivity contribution in [1.29, 1.82) is 0 Å². The molecule has 0 aliphatic rings. The molecule has 0 N–H and O–H groups in total. The summed E-state index contributed by atoms with van der Waals surface area (Å²) in [5.41, 5.74) is 2.23. The van der Waals surface area contributed by atoms with Crippen LogP contribution in [-0.4, -0.2) is 25.4 Å². The van der Waals surface area contributed by atoms with Gasteiger partial charge in [-0.25, -0.2) is 0 Å². The Kier molecular flexibility index (Phi) is 9.70. The molecule has 0 aliphatic heterocycles. The van der Waals surface area contributed by atoms with Gasteiger partial charge < -0.3 is 14.2 Å². The molecule has 0 aromatic heterocycles. The molecule has 0 spiro atoms. The number of rotatable bonds is 11. The van der Waals surface area contributed by atoms with Crippen molar-refractivity contribution in [2.75, 3.05) is 13.2 Å². The molecule has 0 heterocycles. The SMILES string of the molecule is C=C[C@@H](OCC#CCOCc1ccccc1)[C@@H](C=C)OCc1ccccc1. The molecular formula is C24H26O3. The summed E-state index contributed by atoms with van der Waals surface area (Å²) in [4.78, 5) is 0. The molecule has 27 heavy (non-hydrogen) atoms. The van der Waals surface area contributed by atoms with E-state index >= 15 is 0 Å². The van der Waals surface area contributed by atoms with Crippen molar-refractivity contribution >= 4 is 0 Å². The van der Waals surface area contributed by atoms with Crippen molar-refractivity contribution in [3.05, 3.63) is 97.1 Å². The third-order valence-electron chi connectivity index (χ3n) is 3.83. The largest absolute Gasteiger partial charge is 0.366 e. The van der Waals surface area contributed by atoms with Gasteiger partial charge in [-0.05, 0) is 11.1 Å². The van der Waals surface area contributed by atoms with E-state index in [0.717, 1.165) is 11.1 Å². The van der Waals surface area contributed by atoms with Gasteiger partial charge in [-0.15, -0.1) is 13.2 Å². The van der Waals surface area contributed by atoms with Gasteiger partial charge in [0.1, 0.15) is 25.4 Å². The van der Waals surface area contributed by atoms with Crippen molar-refractivity contribution in [3.63, 3.8) is 0 Å². The third-order valence-corrected chi connectivity index (χ3v) is 3.83. The Labute approximate surface area is 162 Å². The molecule has 0 amide bonds. The van der Waals surface area contributed by atoms with E-state index < -0.39 is 0 Å². The summed E-state index contributed by atoms with van der Waals surface area (Å²) in [6.07, 6.45) is 2.86. The number of hydrogen-bond acceptors (Lipinski definition) is 3. The van der Waals surface area contributed by atoms with E-state index in [1.807, 2.05) is 60.7 Å². The van der Waals surface area contributed by atoms with Crippen LogP contribution in [0.4, 0.5) is 0 Å². The van der Waals surface area contributed by atoms with Crippen molar-refractivity contribution in [1.82, 2.24) is 0 Å². The van der Waals surface area contributed by atoms with Gasteiger partial charge in [-0.3, -0.25) is 0 Å². The van der Waals surface area contributed by atoms with Crippen LogP contribution in [0.25, 0.3) is 0 Å². The standard InChI is InChI=1S/C24H26O3/c1-3-23(24(4-2)27-20-22-15-9-6-10-16-22)26-18-12-11-17-25-19-21-13-7-5-8-14-21/h3-10,13-16,23-24H,1-2,17-20H2/t23-,24-/m1/s1. The van der Waals surface area contributed by atoms with Crippen LogP contribution in [0.3, 0.4) is 0 Å². The molecule has 0 saturated heterocycles. The highest BCUT2D eigenvalue weighted by atomic mass is 16.5. The van der Waals surface area contributed by atoms with E-state index in [9.17, 15) is 0 Å². The fourth-order valence-corrected chi connectivity index (χ4v) is 2.39. The maximum absolute atomic E-state index is 5.89. The Morgan fingerprint density at radius 3 is 1.81 bits per heavy atom. The highest BCUT2D eigenvalue weighted by molar-refractivity contribution is 5.14. The molecular weight excluding hydrogens is 336 g/mol. The molecule has 0 fully saturated rings. The highest BCUT2D eigenvalue weighted by Gasteiger charge is 2.16. The second-order valence-corrected chi connectivity index (χ2v) is 5.84. The molecule has 0 unspecified atom stereocenters. The van der Waals surface area contributed by atoms with Crippen LogP contribution in [0, 0.1) is 11.8 Å². The quantitative estimate of drug-likeness (QED) is 0.333. The molecule has 3 heteroatoms. The molecule has 0 radical (unpaired) electrons. The average Bonchev–Trinajstić information content (AvgIpc) is 2.73. The van der Waals surface area contributed by atoms with Gasteiger partial charge in [0.25, 0.3) is 0 Å². The van der Waals surface area contributed by atoms with Crippen LogP contribution >= 0.6 is 0 Å². The summed E-state index contributed by atoms with van der Waals surface area (Å²) in [5, 5.41) is 0. The lowest BCUT2D eigenvalue weighted by Crippen LogP contribution is -2.28. The van der Waals surface area contributed by atoms with Crippen molar-refractivity contribution < 1.29 is 14.2 Å². The van der Waals surface area contributed by atoms with Gasteiger partial charge in [-0.2, -0.15) is 0 Å². The molecule has 2 aromatic rings. The lowest BCUT2D eigenvalue weighted by atomic mass is 10.2. The Balaban J connectivity index is 1.68. The minimum atomic E-state index is -0.300. The van der Waals surface area contributed by atoms with Gasteiger partial charge >= 0.3 is 0 Å². The normalized spacial score (nSPS) is 12.4. The maximum atomic E-state index is 5.89. The lowest BCUT2D eigenvalue weighted by molar-refractivity contribution is -0.0261. The number of ether oxygens (including phenoxy) is 3. The summed E-state index contributed by atoms with van der Waals surface area (Å²) in [6, 6.07) is 20.0. The van der Waals surface area contributed by atoms with Crippen LogP contribution < -0.4 is 0 Å². The van der Waals surface area contributed by atoms with Gasteiger partial charge in [0.05, 0.1) is 13.2 Å². The first kappa shape index (κ1) is 20.7. The molecule has 3 nitrogen and oxygen atoms in total. The summed E-state index contributed by atoms with van der Waals surface area (Å²) in [7, 11) is 0. The van der Waals surface area contributed by atoms with Crippen molar-refractivity contribution in [2.24, 2.45) is 0 Å². The zero-order valence-electron chi connectivity index (χ0n) is 15.6. The van der Waals surface area contributed by atoms with Gasteiger partial charge in [0, 0.05) is 0 Å². The van der Waals surface area contributed by atoms with E-state index in [4.69, 9.17) is 14.2 Å². The number of benzene rings is 2. The second-order valence-electron chi connectivity index (χ2n) is 5.84. The van der Waals surface area contributed by atoms with E-state index in [1.54, 1.807) is 12.2 Å². The first-order valence-corrected chi connectivity index (χ1v) is 8.93. The Bertz CT molecular complexity index is 728. The Morgan fingerprint density at radius 2 is 1.22 bits per heavy atom. The van der Waals surface area contributed by atoms with Crippen LogP contribution in [0.1, 0.15) is 11.1 Å². The van der Waals surface area contributed by atoms with E-state index in [-0.39, 0.29) is 18.8 Å². The molecule has 0 saturated carbocycles. The van der Waals surface area contributed by atoms with Crippen molar-refractivity contribution in [3.8, 4) is 11.8 Å². The molecule has 2 aromatic carbocycles. The minimum absolute atomic E-state index is 0.279. The Morgan fingerprint density at radius 1 is 0.704 bits per heavy atom. The predicted octanol–water partition coefficient (Wildman–Crippen LogP) is 4.55. The first-order chi connectivity index (χ1) is 13.3. The second kappa shape index (κ2) is 12.7. The summed E-state index contributed by atoms with van der Waals surface area (Å²) < 4.78 is 17.2. The molecule has 2 atom stereocenters. The van der Waals surface area contributed by atoms with E-state index in [2.05, 4.69) is 25.0 Å². The first-order valence-electron chi connectivity index (χ1n) is 8.93. The third kappa shape index (κ3) is 8.06. The zero-order chi connectivity index (χ0) is 19.2. The molecule has 2 rings (SSSR count). The predicted molar refractivity (Wildman–Crippen MR) is 109 cm³/mol. The summed E-state index contributed by atoms with van der Waals surface area (Å²) in [6.45, 7) is 9.35. The van der Waals surface area contributed by atoms with Crippen LogP contribution in [-0.2, 0) is 27.4 Å². The monoisotopic (exact) mass is 362 g/mol. The van der Waals surface area contributed by atoms with Gasteiger partial charge in [0.15, 0.2) is 0 Å². The Hall–Kier alpha value is -2.64. The number of hydrogen-bond donors (Lipinski definition) is 0. The van der Waals surface area contributed by atoms with Gasteiger partial charge in [0.2, 0.25) is 0 Å². The molecule has 0 aliphatic carbocycles. The summed E-state index contributed by atoms with van der Waals surface area (Å²) in [5.74, 6) is 5.91. The van der Waals surface area contributed by atoms with Crippen molar-refractivity contribution in [2.45, 2.75) is 25.4 Å². The average molecular weight is 362 g/mol. The highest BCUT2D eigenvalue weighted by Crippen LogP contribution is 2.11. The minimum Gasteiger partial charge on any atom is -0.366 e. The van der Waals surface area contributed by atoms with Crippen LogP contribution in [0.5, 0.6) is 0 Å². The van der Waals surface area contributed by atoms with Crippen LogP contribution in [0.2, 0.25) is 0 Å². The van der Waals surface area contributed by atoms with E-state index in [1.165, 1.54) is 0 Å². The maximum Gasteiger partial charge on any atom is 0.108 e. The van der Waals surface area contributed by atoms with Gasteiger partial charge in [-0.1, -0.05) is 84.7 Å². The zero-order valence-corrected chi connectivity index (χ0v) is 15.6. The van der Waals surface area contributed by atoms with E-state index in [0.29, 0.717) is 19.8 Å². The lowest BCUT2D eigenvalue weighted by Gasteiger charge is -2.21.